The number of hydrogen-bond donors (Lipinski definition) is 0. The number of benzene rings is 1. The van der Waals surface area contributed by atoms with E-state index in [2.05, 4.69) is 9.98 Å². The molecule has 0 spiro atoms. The van der Waals surface area contributed by atoms with Crippen molar-refractivity contribution in [3.63, 3.8) is 0 Å². The molecule has 1 aliphatic carbocycles. The number of amides is 1. The number of carbonyl (C=O) groups is 1. The van der Waals surface area contributed by atoms with Crippen LogP contribution >= 0.6 is 23.4 Å². The molecule has 0 unspecified atom stereocenters. The number of pyridine rings is 1. The van der Waals surface area contributed by atoms with Crippen molar-refractivity contribution in [2.45, 2.75) is 38.1 Å². The van der Waals surface area contributed by atoms with E-state index in [1.54, 1.807) is 6.20 Å². The first-order valence-electron chi connectivity index (χ1n) is 9.20. The summed E-state index contributed by atoms with van der Waals surface area (Å²) in [5, 5.41) is 1.35. The van der Waals surface area contributed by atoms with E-state index in [4.69, 9.17) is 11.6 Å². The number of nitrogens with zero attached hydrogens (tertiary/aromatic N) is 3. The molecule has 1 saturated heterocycles. The molecule has 1 amide bonds. The third-order valence-corrected chi connectivity index (χ3v) is 6.16. The summed E-state index contributed by atoms with van der Waals surface area (Å²) in [5.41, 5.74) is 0.845. The van der Waals surface area contributed by atoms with Crippen LogP contribution in [0.4, 0.5) is 5.82 Å². The van der Waals surface area contributed by atoms with Crippen molar-refractivity contribution in [3.05, 3.63) is 64.2 Å². The Bertz CT molecular complexity index is 891. The van der Waals surface area contributed by atoms with Crippen LogP contribution in [0.5, 0.6) is 0 Å². The first kappa shape index (κ1) is 18.3. The number of carbonyl (C=O) groups excluding carboxylic acids is 1. The molecule has 0 bridgehead atoms. The molecule has 1 aromatic heterocycles. The minimum Gasteiger partial charge on any atom is -0.283 e. The van der Waals surface area contributed by atoms with Crippen LogP contribution in [0.1, 0.15) is 37.7 Å². The Morgan fingerprint density at radius 2 is 1.89 bits per heavy atom. The van der Waals surface area contributed by atoms with Gasteiger partial charge in [-0.25, -0.2) is 9.98 Å². The average Bonchev–Trinajstić information content (AvgIpc) is 3.00. The maximum Gasteiger partial charge on any atom is 0.267 e. The third-order valence-electron chi connectivity index (χ3n) is 4.83. The topological polar surface area (TPSA) is 45.6 Å². The molecule has 1 saturated carbocycles. The van der Waals surface area contributed by atoms with Crippen molar-refractivity contribution in [1.29, 1.82) is 0 Å². The molecule has 4 rings (SSSR count). The minimum atomic E-state index is 0.0153. The molecule has 2 aromatic rings. The molecule has 0 radical (unpaired) electrons. The highest BCUT2D eigenvalue weighted by atomic mass is 35.5. The van der Waals surface area contributed by atoms with Crippen LogP contribution in [0, 0.1) is 0 Å². The molecule has 0 atom stereocenters. The highest BCUT2D eigenvalue weighted by Gasteiger charge is 2.38. The highest BCUT2D eigenvalue weighted by Crippen LogP contribution is 2.38. The largest absolute Gasteiger partial charge is 0.283 e. The molecule has 1 aromatic carbocycles. The van der Waals surface area contributed by atoms with Crippen LogP contribution in [-0.2, 0) is 4.79 Å². The summed E-state index contributed by atoms with van der Waals surface area (Å²) in [5.74, 6) is 0.633. The van der Waals surface area contributed by atoms with Gasteiger partial charge in [0, 0.05) is 17.3 Å². The van der Waals surface area contributed by atoms with Crippen LogP contribution < -0.4 is 0 Å². The van der Waals surface area contributed by atoms with Gasteiger partial charge in [-0.1, -0.05) is 55.1 Å². The van der Waals surface area contributed by atoms with E-state index >= 15 is 0 Å². The summed E-state index contributed by atoms with van der Waals surface area (Å²) in [6.07, 6.45) is 9.16. The van der Waals surface area contributed by atoms with Crippen molar-refractivity contribution in [2.75, 3.05) is 0 Å². The van der Waals surface area contributed by atoms with Gasteiger partial charge in [-0.05, 0) is 54.4 Å². The summed E-state index contributed by atoms with van der Waals surface area (Å²) in [6.45, 7) is 0. The Labute approximate surface area is 168 Å². The summed E-state index contributed by atoms with van der Waals surface area (Å²) in [6, 6.07) is 13.4. The van der Waals surface area contributed by atoms with Gasteiger partial charge in [-0.2, -0.15) is 0 Å². The molecule has 6 heteroatoms. The van der Waals surface area contributed by atoms with Gasteiger partial charge in [0.2, 0.25) is 0 Å². The average molecular weight is 398 g/mol. The second-order valence-electron chi connectivity index (χ2n) is 6.68. The molecular formula is C21H20ClN3OS. The highest BCUT2D eigenvalue weighted by molar-refractivity contribution is 8.18. The van der Waals surface area contributed by atoms with Crippen LogP contribution in [0.2, 0.25) is 5.02 Å². The first-order chi connectivity index (χ1) is 13.2. The minimum absolute atomic E-state index is 0.0153. The van der Waals surface area contributed by atoms with Gasteiger partial charge >= 0.3 is 0 Å². The Morgan fingerprint density at radius 1 is 1.11 bits per heavy atom. The molecule has 2 heterocycles. The van der Waals surface area contributed by atoms with Crippen LogP contribution in [0.3, 0.4) is 0 Å². The van der Waals surface area contributed by atoms with Gasteiger partial charge in [0.25, 0.3) is 5.91 Å². The summed E-state index contributed by atoms with van der Waals surface area (Å²) < 4.78 is 0. The van der Waals surface area contributed by atoms with Gasteiger partial charge in [0.05, 0.1) is 4.91 Å². The number of hydrogen-bond acceptors (Lipinski definition) is 4. The molecule has 0 N–H and O–H groups in total. The molecule has 2 fully saturated rings. The van der Waals surface area contributed by atoms with Crippen molar-refractivity contribution in [3.8, 4) is 0 Å². The van der Waals surface area contributed by atoms with Gasteiger partial charge < -0.3 is 0 Å². The zero-order chi connectivity index (χ0) is 18.6. The second-order valence-corrected chi connectivity index (χ2v) is 8.10. The summed E-state index contributed by atoms with van der Waals surface area (Å²) >= 11 is 7.69. The number of halogens is 1. The Morgan fingerprint density at radius 3 is 2.63 bits per heavy atom. The zero-order valence-corrected chi connectivity index (χ0v) is 16.4. The molecular weight excluding hydrogens is 378 g/mol. The molecule has 4 nitrogen and oxygen atoms in total. The Hall–Kier alpha value is -2.11. The lowest BCUT2D eigenvalue weighted by Gasteiger charge is -2.30. The predicted molar refractivity (Wildman–Crippen MR) is 112 cm³/mol. The number of thioether (sulfide) groups is 1. The van der Waals surface area contributed by atoms with Gasteiger partial charge in [0.1, 0.15) is 0 Å². The Kier molecular flexibility index (Phi) is 5.60. The van der Waals surface area contributed by atoms with E-state index < -0.39 is 0 Å². The predicted octanol–water partition coefficient (Wildman–Crippen LogP) is 5.67. The lowest BCUT2D eigenvalue weighted by molar-refractivity contribution is -0.124. The van der Waals surface area contributed by atoms with Crippen LogP contribution in [0.25, 0.3) is 6.08 Å². The Balaban J connectivity index is 1.71. The molecule has 1 aliphatic heterocycles. The number of amidine groups is 1. The maximum atomic E-state index is 13.2. The monoisotopic (exact) mass is 397 g/mol. The maximum absolute atomic E-state index is 13.2. The number of aromatic nitrogens is 1. The normalized spacial score (nSPS) is 21.4. The van der Waals surface area contributed by atoms with E-state index in [1.807, 2.05) is 53.4 Å². The number of aliphatic imine (C=N–C) groups is 1. The van der Waals surface area contributed by atoms with Gasteiger partial charge in [-0.3, -0.25) is 9.69 Å². The van der Waals surface area contributed by atoms with E-state index in [0.29, 0.717) is 20.9 Å². The van der Waals surface area contributed by atoms with Crippen LogP contribution in [0.15, 0.2) is 58.6 Å². The lowest BCUT2D eigenvalue weighted by Crippen LogP contribution is -2.40. The molecule has 2 aliphatic rings. The smallest absolute Gasteiger partial charge is 0.267 e. The second kappa shape index (κ2) is 8.28. The lowest BCUT2D eigenvalue weighted by atomic mass is 9.94. The van der Waals surface area contributed by atoms with Crippen molar-refractivity contribution in [1.82, 2.24) is 9.88 Å². The van der Waals surface area contributed by atoms with Gasteiger partial charge in [0.15, 0.2) is 11.0 Å². The standard InChI is InChI=1S/C21H20ClN3OS/c22-17-11-5-4-8-15(17)14-18-20(26)25(16-9-2-1-3-10-16)21(27-18)24-19-12-6-7-13-23-19/h4-8,11-14,16H,1-3,9-10H2/b18-14-,24-21+. The summed E-state index contributed by atoms with van der Waals surface area (Å²) in [7, 11) is 0. The van der Waals surface area contributed by atoms with Gasteiger partial charge in [-0.15, -0.1) is 0 Å². The zero-order valence-electron chi connectivity index (χ0n) is 14.8. The summed E-state index contributed by atoms with van der Waals surface area (Å²) in [4.78, 5) is 24.7. The van der Waals surface area contributed by atoms with E-state index in [0.717, 1.165) is 31.2 Å². The van der Waals surface area contributed by atoms with Crippen molar-refractivity contribution >= 4 is 46.3 Å². The fourth-order valence-corrected chi connectivity index (χ4v) is 4.71. The fourth-order valence-electron chi connectivity index (χ4n) is 3.48. The molecule has 138 valence electrons. The molecule has 27 heavy (non-hydrogen) atoms. The first-order valence-corrected chi connectivity index (χ1v) is 10.4. The fraction of sp³-hybridized carbons (Fsp3) is 0.286. The van der Waals surface area contributed by atoms with E-state index in [9.17, 15) is 4.79 Å². The van der Waals surface area contributed by atoms with E-state index in [-0.39, 0.29) is 11.9 Å². The number of rotatable bonds is 3. The van der Waals surface area contributed by atoms with Crippen LogP contribution in [-0.4, -0.2) is 27.0 Å². The quantitative estimate of drug-likeness (QED) is 0.626. The third kappa shape index (κ3) is 4.09. The van der Waals surface area contributed by atoms with Crippen molar-refractivity contribution in [2.24, 2.45) is 4.99 Å². The SMILES string of the molecule is O=C1/C(=C/c2ccccc2Cl)S/C(=N/c2ccccn2)N1C1CCCCC1. The van der Waals surface area contributed by atoms with E-state index in [1.165, 1.54) is 18.2 Å². The van der Waals surface area contributed by atoms with Crippen molar-refractivity contribution < 1.29 is 4.79 Å².